The fraction of sp³-hybridized carbons (Fsp3) is 0.143. The molecule has 1 N–H and O–H groups in total. The molecular formula is C14H12N4O4S. The van der Waals surface area contributed by atoms with Crippen molar-refractivity contribution in [1.82, 2.24) is 14.9 Å². The van der Waals surface area contributed by atoms with Gasteiger partial charge in [0.1, 0.15) is 11.5 Å². The average molecular weight is 332 g/mol. The van der Waals surface area contributed by atoms with Crippen molar-refractivity contribution in [2.75, 3.05) is 5.75 Å². The number of furan rings is 2. The second kappa shape index (κ2) is 6.53. The Hall–Kier alpha value is -2.81. The van der Waals surface area contributed by atoms with Crippen LogP contribution >= 0.6 is 11.8 Å². The summed E-state index contributed by atoms with van der Waals surface area (Å²) in [5.41, 5.74) is 0.733. The third kappa shape index (κ3) is 3.34. The van der Waals surface area contributed by atoms with Crippen molar-refractivity contribution in [3.63, 3.8) is 0 Å². The van der Waals surface area contributed by atoms with Crippen LogP contribution in [0.1, 0.15) is 11.5 Å². The van der Waals surface area contributed by atoms with E-state index in [0.717, 1.165) is 17.3 Å². The molecule has 0 aliphatic rings. The largest absolute Gasteiger partial charge is 0.481 e. The van der Waals surface area contributed by atoms with E-state index in [4.69, 9.17) is 13.9 Å². The first-order valence-corrected chi connectivity index (χ1v) is 7.56. The molecule has 3 rings (SSSR count). The predicted octanol–water partition coefficient (Wildman–Crippen LogP) is 2.50. The van der Waals surface area contributed by atoms with Crippen LogP contribution in [0.4, 0.5) is 0 Å². The summed E-state index contributed by atoms with van der Waals surface area (Å²) < 4.78 is 11.9. The molecular weight excluding hydrogens is 320 g/mol. The van der Waals surface area contributed by atoms with E-state index in [9.17, 15) is 4.79 Å². The Morgan fingerprint density at radius 2 is 2.26 bits per heavy atom. The van der Waals surface area contributed by atoms with Gasteiger partial charge in [-0.25, -0.2) is 0 Å². The van der Waals surface area contributed by atoms with Gasteiger partial charge >= 0.3 is 5.97 Å². The van der Waals surface area contributed by atoms with E-state index in [0.29, 0.717) is 22.5 Å². The van der Waals surface area contributed by atoms with Crippen LogP contribution in [0.2, 0.25) is 0 Å². The number of nitrogens with zero attached hydrogens (tertiary/aromatic N) is 4. The molecule has 0 bridgehead atoms. The van der Waals surface area contributed by atoms with Crippen LogP contribution in [0.15, 0.2) is 49.8 Å². The Balaban J connectivity index is 1.99. The Bertz CT molecular complexity index is 835. The van der Waals surface area contributed by atoms with Crippen molar-refractivity contribution in [3.8, 4) is 11.4 Å². The molecule has 0 atom stereocenters. The molecule has 118 valence electrons. The summed E-state index contributed by atoms with van der Waals surface area (Å²) in [5, 5.41) is 21.6. The number of hydrogen-bond donors (Lipinski definition) is 1. The second-order valence-corrected chi connectivity index (χ2v) is 5.39. The molecule has 0 fully saturated rings. The molecule has 9 heteroatoms. The number of aliphatic carboxylic acids is 1. The standard InChI is InChI=1S/C14H12N4O4S/c1-9-11(4-6-21-9)13-16-17-14(23-8-12(19)20)18(13)15-7-10-3-2-5-22-10/h2-7H,8H2,1H3,(H,19,20)/b15-7-. The summed E-state index contributed by atoms with van der Waals surface area (Å²) in [6, 6.07) is 5.25. The fourth-order valence-electron chi connectivity index (χ4n) is 1.85. The minimum Gasteiger partial charge on any atom is -0.481 e. The highest BCUT2D eigenvalue weighted by atomic mass is 32.2. The van der Waals surface area contributed by atoms with Crippen LogP contribution in [-0.4, -0.2) is 37.9 Å². The first-order chi connectivity index (χ1) is 11.1. The number of carbonyl (C=O) groups is 1. The normalized spacial score (nSPS) is 11.3. The molecule has 0 amide bonds. The molecule has 0 unspecified atom stereocenters. The summed E-state index contributed by atoms with van der Waals surface area (Å²) in [5.74, 6) is 0.607. The maximum absolute atomic E-state index is 10.8. The maximum Gasteiger partial charge on any atom is 0.313 e. The van der Waals surface area contributed by atoms with Crippen molar-refractivity contribution in [2.45, 2.75) is 12.1 Å². The summed E-state index contributed by atoms with van der Waals surface area (Å²) in [7, 11) is 0. The quantitative estimate of drug-likeness (QED) is 0.546. The summed E-state index contributed by atoms with van der Waals surface area (Å²) in [6.45, 7) is 1.80. The average Bonchev–Trinajstić information content (AvgIpc) is 3.23. The van der Waals surface area contributed by atoms with Crippen LogP contribution in [-0.2, 0) is 4.79 Å². The SMILES string of the molecule is Cc1occc1-c1nnc(SCC(=O)O)n1/N=C\c1ccco1. The van der Waals surface area contributed by atoms with Gasteiger partial charge in [-0.3, -0.25) is 4.79 Å². The lowest BCUT2D eigenvalue weighted by molar-refractivity contribution is -0.133. The summed E-state index contributed by atoms with van der Waals surface area (Å²) >= 11 is 1.03. The highest BCUT2D eigenvalue weighted by Gasteiger charge is 2.18. The lowest BCUT2D eigenvalue weighted by atomic mass is 10.2. The summed E-state index contributed by atoms with van der Waals surface area (Å²) in [6.07, 6.45) is 4.59. The number of aryl methyl sites for hydroxylation is 1. The zero-order chi connectivity index (χ0) is 16.2. The first kappa shape index (κ1) is 15.1. The molecule has 0 aromatic carbocycles. The topological polar surface area (TPSA) is 107 Å². The molecule has 0 saturated carbocycles. The van der Waals surface area contributed by atoms with Gasteiger partial charge in [-0.1, -0.05) is 11.8 Å². The Morgan fingerprint density at radius 1 is 1.39 bits per heavy atom. The zero-order valence-corrected chi connectivity index (χ0v) is 12.9. The van der Waals surface area contributed by atoms with Crippen molar-refractivity contribution >= 4 is 23.9 Å². The van der Waals surface area contributed by atoms with Crippen LogP contribution < -0.4 is 0 Å². The molecule has 8 nitrogen and oxygen atoms in total. The number of aromatic nitrogens is 3. The van der Waals surface area contributed by atoms with Crippen LogP contribution in [0, 0.1) is 6.92 Å². The van der Waals surface area contributed by atoms with Gasteiger partial charge in [0.2, 0.25) is 5.16 Å². The van der Waals surface area contributed by atoms with E-state index in [-0.39, 0.29) is 5.75 Å². The van der Waals surface area contributed by atoms with Crippen molar-refractivity contribution in [2.24, 2.45) is 5.10 Å². The van der Waals surface area contributed by atoms with Crippen molar-refractivity contribution < 1.29 is 18.7 Å². The molecule has 3 aromatic heterocycles. The third-order valence-electron chi connectivity index (χ3n) is 2.88. The van der Waals surface area contributed by atoms with Gasteiger partial charge in [-0.05, 0) is 25.1 Å². The summed E-state index contributed by atoms with van der Waals surface area (Å²) in [4.78, 5) is 10.8. The van der Waals surface area contributed by atoms with Gasteiger partial charge in [-0.2, -0.15) is 9.78 Å². The van der Waals surface area contributed by atoms with Gasteiger partial charge < -0.3 is 13.9 Å². The van der Waals surface area contributed by atoms with E-state index in [1.807, 2.05) is 0 Å². The lowest BCUT2D eigenvalue weighted by Gasteiger charge is -2.02. The second-order valence-electron chi connectivity index (χ2n) is 4.45. The van der Waals surface area contributed by atoms with E-state index in [2.05, 4.69) is 15.3 Å². The minimum absolute atomic E-state index is 0.140. The lowest BCUT2D eigenvalue weighted by Crippen LogP contribution is -2.01. The molecule has 3 aromatic rings. The van der Waals surface area contributed by atoms with E-state index in [1.165, 1.54) is 17.2 Å². The van der Waals surface area contributed by atoms with E-state index >= 15 is 0 Å². The van der Waals surface area contributed by atoms with Gasteiger partial charge in [0.15, 0.2) is 5.82 Å². The van der Waals surface area contributed by atoms with Gasteiger partial charge in [0.05, 0.1) is 30.1 Å². The van der Waals surface area contributed by atoms with Gasteiger partial charge in [0.25, 0.3) is 0 Å². The molecule has 3 heterocycles. The smallest absolute Gasteiger partial charge is 0.313 e. The molecule has 0 aliphatic carbocycles. The molecule has 0 spiro atoms. The van der Waals surface area contributed by atoms with Crippen molar-refractivity contribution in [3.05, 3.63) is 42.2 Å². The molecule has 23 heavy (non-hydrogen) atoms. The van der Waals surface area contributed by atoms with Crippen LogP contribution in [0.3, 0.4) is 0 Å². The third-order valence-corrected chi connectivity index (χ3v) is 3.78. The number of thioether (sulfide) groups is 1. The Labute approximate surface area is 134 Å². The predicted molar refractivity (Wildman–Crippen MR) is 82.5 cm³/mol. The van der Waals surface area contributed by atoms with Crippen LogP contribution in [0.5, 0.6) is 0 Å². The van der Waals surface area contributed by atoms with Gasteiger partial charge in [0, 0.05) is 0 Å². The highest BCUT2D eigenvalue weighted by molar-refractivity contribution is 7.99. The molecule has 0 aliphatic heterocycles. The Kier molecular flexibility index (Phi) is 4.29. The maximum atomic E-state index is 10.8. The number of carboxylic acid groups (broad SMARTS) is 1. The highest BCUT2D eigenvalue weighted by Crippen LogP contribution is 2.26. The first-order valence-electron chi connectivity index (χ1n) is 6.57. The zero-order valence-electron chi connectivity index (χ0n) is 12.0. The molecule has 0 saturated heterocycles. The van der Waals surface area contributed by atoms with Gasteiger partial charge in [-0.15, -0.1) is 10.2 Å². The van der Waals surface area contributed by atoms with E-state index < -0.39 is 5.97 Å². The molecule has 0 radical (unpaired) electrons. The Morgan fingerprint density at radius 3 is 2.91 bits per heavy atom. The minimum atomic E-state index is -0.944. The number of hydrogen-bond acceptors (Lipinski definition) is 7. The number of rotatable bonds is 6. The fourth-order valence-corrected chi connectivity index (χ4v) is 2.46. The van der Waals surface area contributed by atoms with Crippen molar-refractivity contribution in [1.29, 1.82) is 0 Å². The monoisotopic (exact) mass is 332 g/mol. The van der Waals surface area contributed by atoms with Crippen LogP contribution in [0.25, 0.3) is 11.4 Å². The number of carboxylic acids is 1. The van der Waals surface area contributed by atoms with E-state index in [1.54, 1.807) is 31.4 Å².